The van der Waals surface area contributed by atoms with Crippen molar-refractivity contribution in [3.63, 3.8) is 0 Å². The molecule has 0 aliphatic heterocycles. The zero-order chi connectivity index (χ0) is 21.3. The molecular weight excluding hydrogens is 368 g/mol. The zero-order valence-corrected chi connectivity index (χ0v) is 18.5. The van der Waals surface area contributed by atoms with Gasteiger partial charge in [-0.25, -0.2) is 0 Å². The van der Waals surface area contributed by atoms with E-state index in [1.54, 1.807) is 18.2 Å². The molecule has 1 aromatic rings. The minimum Gasteiger partial charge on any atom is -0.494 e. The second-order valence-electron chi connectivity index (χ2n) is 7.32. The van der Waals surface area contributed by atoms with Gasteiger partial charge < -0.3 is 14.2 Å². The molecule has 0 heterocycles. The predicted octanol–water partition coefficient (Wildman–Crippen LogP) is 6.62. The van der Waals surface area contributed by atoms with Crippen LogP contribution in [-0.2, 0) is 9.59 Å². The standard InChI is InChI=1S/C24H38O5/c1-4-7-9-11-13-15-23(25)28-21-18-17-20(27-6-3)19-22(21)29-24(26)16-14-12-10-8-5-2/h17-19H,4-16H2,1-3H3. The lowest BCUT2D eigenvalue weighted by Crippen LogP contribution is -2.12. The van der Waals surface area contributed by atoms with Crippen molar-refractivity contribution in [2.45, 2.75) is 97.8 Å². The van der Waals surface area contributed by atoms with Gasteiger partial charge >= 0.3 is 11.9 Å². The molecule has 0 atom stereocenters. The van der Waals surface area contributed by atoms with E-state index in [2.05, 4.69) is 13.8 Å². The molecule has 0 saturated heterocycles. The van der Waals surface area contributed by atoms with Crippen molar-refractivity contribution in [2.75, 3.05) is 6.61 Å². The molecule has 0 N–H and O–H groups in total. The number of esters is 2. The van der Waals surface area contributed by atoms with Gasteiger partial charge in [-0.05, 0) is 31.9 Å². The molecule has 5 nitrogen and oxygen atoms in total. The van der Waals surface area contributed by atoms with Crippen LogP contribution in [0.1, 0.15) is 97.8 Å². The smallest absolute Gasteiger partial charge is 0.311 e. The Bertz CT molecular complexity index is 597. The van der Waals surface area contributed by atoms with E-state index < -0.39 is 0 Å². The van der Waals surface area contributed by atoms with Crippen LogP contribution in [0.2, 0.25) is 0 Å². The monoisotopic (exact) mass is 406 g/mol. The van der Waals surface area contributed by atoms with Crippen LogP contribution in [0.25, 0.3) is 0 Å². The Morgan fingerprint density at radius 1 is 0.690 bits per heavy atom. The Balaban J connectivity index is 2.62. The van der Waals surface area contributed by atoms with Gasteiger partial charge in [0.15, 0.2) is 11.5 Å². The highest BCUT2D eigenvalue weighted by atomic mass is 16.6. The van der Waals surface area contributed by atoms with Crippen molar-refractivity contribution >= 4 is 11.9 Å². The summed E-state index contributed by atoms with van der Waals surface area (Å²) < 4.78 is 16.5. The number of benzene rings is 1. The van der Waals surface area contributed by atoms with Gasteiger partial charge in [0.05, 0.1) is 6.61 Å². The normalized spacial score (nSPS) is 10.6. The van der Waals surface area contributed by atoms with Crippen LogP contribution in [-0.4, -0.2) is 18.5 Å². The van der Waals surface area contributed by atoms with Crippen molar-refractivity contribution < 1.29 is 23.8 Å². The first-order valence-corrected chi connectivity index (χ1v) is 11.3. The maximum absolute atomic E-state index is 12.2. The molecule has 0 spiro atoms. The SMILES string of the molecule is CCCCCCCC(=O)Oc1ccc(OCC)cc1OC(=O)CCCCCCC. The molecule has 0 bridgehead atoms. The van der Waals surface area contributed by atoms with Crippen molar-refractivity contribution in [1.29, 1.82) is 0 Å². The van der Waals surface area contributed by atoms with Gasteiger partial charge in [0.25, 0.3) is 0 Å². The number of unbranched alkanes of at least 4 members (excludes halogenated alkanes) is 8. The highest BCUT2D eigenvalue weighted by molar-refractivity contribution is 5.76. The Morgan fingerprint density at radius 3 is 1.72 bits per heavy atom. The summed E-state index contributed by atoms with van der Waals surface area (Å²) in [6, 6.07) is 4.96. The Kier molecular flexibility index (Phi) is 13.6. The van der Waals surface area contributed by atoms with E-state index in [4.69, 9.17) is 14.2 Å². The molecule has 0 aliphatic rings. The molecule has 0 aliphatic carbocycles. The first-order chi connectivity index (χ1) is 14.1. The molecule has 164 valence electrons. The van der Waals surface area contributed by atoms with E-state index in [0.29, 0.717) is 25.2 Å². The number of carbonyl (C=O) groups is 2. The highest BCUT2D eigenvalue weighted by Gasteiger charge is 2.15. The summed E-state index contributed by atoms with van der Waals surface area (Å²) in [6.07, 6.45) is 11.3. The van der Waals surface area contributed by atoms with Gasteiger partial charge in [-0.3, -0.25) is 9.59 Å². The maximum Gasteiger partial charge on any atom is 0.311 e. The van der Waals surface area contributed by atoms with E-state index in [0.717, 1.165) is 38.5 Å². The van der Waals surface area contributed by atoms with Crippen LogP contribution in [0.4, 0.5) is 0 Å². The fourth-order valence-electron chi connectivity index (χ4n) is 3.00. The first-order valence-electron chi connectivity index (χ1n) is 11.3. The average Bonchev–Trinajstić information content (AvgIpc) is 2.70. The summed E-state index contributed by atoms with van der Waals surface area (Å²) >= 11 is 0. The van der Waals surface area contributed by atoms with Crippen molar-refractivity contribution in [1.82, 2.24) is 0 Å². The molecule has 0 aromatic heterocycles. The molecule has 5 heteroatoms. The third-order valence-corrected chi connectivity index (χ3v) is 4.64. The largest absolute Gasteiger partial charge is 0.494 e. The van der Waals surface area contributed by atoms with Crippen LogP contribution in [0.5, 0.6) is 17.2 Å². The number of rotatable bonds is 16. The van der Waals surface area contributed by atoms with Crippen molar-refractivity contribution in [2.24, 2.45) is 0 Å². The Labute approximate surface area is 176 Å². The summed E-state index contributed by atoms with van der Waals surface area (Å²) in [5, 5.41) is 0. The van der Waals surface area contributed by atoms with Crippen LogP contribution in [0.3, 0.4) is 0 Å². The van der Waals surface area contributed by atoms with Crippen LogP contribution < -0.4 is 14.2 Å². The highest BCUT2D eigenvalue weighted by Crippen LogP contribution is 2.32. The molecule has 0 fully saturated rings. The molecule has 29 heavy (non-hydrogen) atoms. The second kappa shape index (κ2) is 15.8. The molecule has 0 unspecified atom stereocenters. The van der Waals surface area contributed by atoms with E-state index in [-0.39, 0.29) is 23.4 Å². The topological polar surface area (TPSA) is 61.8 Å². The number of carbonyl (C=O) groups excluding carboxylic acids is 2. The summed E-state index contributed by atoms with van der Waals surface area (Å²) in [5.41, 5.74) is 0. The molecule has 1 aromatic carbocycles. The van der Waals surface area contributed by atoms with Gasteiger partial charge in [-0.1, -0.05) is 65.2 Å². The predicted molar refractivity (Wildman–Crippen MR) is 116 cm³/mol. The lowest BCUT2D eigenvalue weighted by molar-refractivity contribution is -0.137. The molecule has 0 saturated carbocycles. The summed E-state index contributed by atoms with van der Waals surface area (Å²) in [4.78, 5) is 24.4. The minimum absolute atomic E-state index is 0.244. The fraction of sp³-hybridized carbons (Fsp3) is 0.667. The molecule has 0 amide bonds. The Hall–Kier alpha value is -2.04. The lowest BCUT2D eigenvalue weighted by Gasteiger charge is -2.12. The second-order valence-corrected chi connectivity index (χ2v) is 7.32. The van der Waals surface area contributed by atoms with Gasteiger partial charge in [-0.2, -0.15) is 0 Å². The number of ether oxygens (including phenoxy) is 3. The summed E-state index contributed by atoms with van der Waals surface area (Å²) in [7, 11) is 0. The first kappa shape index (κ1) is 25.0. The molecule has 1 rings (SSSR count). The van der Waals surface area contributed by atoms with E-state index in [1.165, 1.54) is 25.7 Å². The summed E-state index contributed by atoms with van der Waals surface area (Å²) in [5.74, 6) is 0.479. The lowest BCUT2D eigenvalue weighted by atomic mass is 10.1. The van der Waals surface area contributed by atoms with Crippen LogP contribution in [0.15, 0.2) is 18.2 Å². The minimum atomic E-state index is -0.313. The van der Waals surface area contributed by atoms with E-state index >= 15 is 0 Å². The number of hydrogen-bond donors (Lipinski definition) is 0. The third-order valence-electron chi connectivity index (χ3n) is 4.64. The van der Waals surface area contributed by atoms with Crippen molar-refractivity contribution in [3.8, 4) is 17.2 Å². The third kappa shape index (κ3) is 11.5. The van der Waals surface area contributed by atoms with Crippen LogP contribution in [0, 0.1) is 0 Å². The van der Waals surface area contributed by atoms with E-state index in [1.807, 2.05) is 6.92 Å². The van der Waals surface area contributed by atoms with Gasteiger partial charge in [0, 0.05) is 18.9 Å². The van der Waals surface area contributed by atoms with Crippen LogP contribution >= 0.6 is 0 Å². The molecule has 0 radical (unpaired) electrons. The Morgan fingerprint density at radius 2 is 1.21 bits per heavy atom. The number of hydrogen-bond acceptors (Lipinski definition) is 5. The van der Waals surface area contributed by atoms with Crippen molar-refractivity contribution in [3.05, 3.63) is 18.2 Å². The average molecular weight is 407 g/mol. The zero-order valence-electron chi connectivity index (χ0n) is 18.5. The fourth-order valence-corrected chi connectivity index (χ4v) is 3.00. The molecular formula is C24H38O5. The van der Waals surface area contributed by atoms with Gasteiger partial charge in [0.2, 0.25) is 0 Å². The van der Waals surface area contributed by atoms with E-state index in [9.17, 15) is 9.59 Å². The van der Waals surface area contributed by atoms with Gasteiger partial charge in [0.1, 0.15) is 5.75 Å². The maximum atomic E-state index is 12.2. The van der Waals surface area contributed by atoms with Gasteiger partial charge in [-0.15, -0.1) is 0 Å². The quantitative estimate of drug-likeness (QED) is 0.175. The summed E-state index contributed by atoms with van der Waals surface area (Å²) in [6.45, 7) is 6.71.